The number of rotatable bonds is 3. The van der Waals surface area contributed by atoms with E-state index in [2.05, 4.69) is 0 Å². The number of aromatic hydroxyl groups is 1. The van der Waals surface area contributed by atoms with Gasteiger partial charge in [0.1, 0.15) is 12.0 Å². The highest BCUT2D eigenvalue weighted by atomic mass is 16.5. The van der Waals surface area contributed by atoms with E-state index < -0.39 is 0 Å². The molecular formula is C14H14O4. The van der Waals surface area contributed by atoms with Crippen LogP contribution in [0.25, 0.3) is 10.8 Å². The van der Waals surface area contributed by atoms with E-state index in [1.165, 1.54) is 6.07 Å². The lowest BCUT2D eigenvalue weighted by atomic mass is 10.0. The highest BCUT2D eigenvalue weighted by molar-refractivity contribution is 5.97. The van der Waals surface area contributed by atoms with Crippen molar-refractivity contribution in [2.24, 2.45) is 0 Å². The zero-order valence-electron chi connectivity index (χ0n) is 10.5. The monoisotopic (exact) mass is 246 g/mol. The Balaban J connectivity index is 2.90. The SMILES string of the molecule is COc1cc2c(O)cc(C=O)cc2c(C)c1OC. The van der Waals surface area contributed by atoms with E-state index in [9.17, 15) is 9.90 Å². The fourth-order valence-electron chi connectivity index (χ4n) is 2.10. The molecule has 0 saturated carbocycles. The number of fused-ring (bicyclic) bond motifs is 1. The van der Waals surface area contributed by atoms with E-state index in [1.807, 2.05) is 6.92 Å². The van der Waals surface area contributed by atoms with Gasteiger partial charge >= 0.3 is 0 Å². The smallest absolute Gasteiger partial charge is 0.164 e. The van der Waals surface area contributed by atoms with Crippen LogP contribution in [-0.4, -0.2) is 25.6 Å². The molecule has 0 atom stereocenters. The standard InChI is InChI=1S/C14H14O4/c1-8-10-4-9(7-15)5-12(16)11(10)6-13(17-2)14(8)18-3/h4-7,16H,1-3H3. The molecule has 2 rings (SSSR count). The lowest BCUT2D eigenvalue weighted by molar-refractivity contribution is 0.112. The van der Waals surface area contributed by atoms with Crippen molar-refractivity contribution in [3.8, 4) is 17.2 Å². The van der Waals surface area contributed by atoms with Crippen LogP contribution in [0.3, 0.4) is 0 Å². The first-order valence-corrected chi connectivity index (χ1v) is 5.45. The van der Waals surface area contributed by atoms with Gasteiger partial charge in [-0.1, -0.05) is 0 Å². The number of methoxy groups -OCH3 is 2. The number of hydrogen-bond donors (Lipinski definition) is 1. The van der Waals surface area contributed by atoms with Crippen LogP contribution in [0.1, 0.15) is 15.9 Å². The number of phenolic OH excluding ortho intramolecular Hbond substituents is 1. The molecule has 94 valence electrons. The normalized spacial score (nSPS) is 10.4. The second kappa shape index (κ2) is 4.56. The number of hydrogen-bond acceptors (Lipinski definition) is 4. The Labute approximate surface area is 105 Å². The van der Waals surface area contributed by atoms with Gasteiger partial charge in [0.25, 0.3) is 0 Å². The second-order valence-electron chi connectivity index (χ2n) is 3.99. The first-order chi connectivity index (χ1) is 8.62. The number of benzene rings is 2. The summed E-state index contributed by atoms with van der Waals surface area (Å²) in [4.78, 5) is 10.8. The maximum Gasteiger partial charge on any atom is 0.164 e. The van der Waals surface area contributed by atoms with Gasteiger partial charge in [-0.15, -0.1) is 0 Å². The molecule has 0 aliphatic carbocycles. The fourth-order valence-corrected chi connectivity index (χ4v) is 2.10. The van der Waals surface area contributed by atoms with Gasteiger partial charge in [0, 0.05) is 16.5 Å². The maximum absolute atomic E-state index is 10.8. The largest absolute Gasteiger partial charge is 0.507 e. The molecule has 0 heterocycles. The molecule has 18 heavy (non-hydrogen) atoms. The van der Waals surface area contributed by atoms with Crippen LogP contribution in [-0.2, 0) is 0 Å². The van der Waals surface area contributed by atoms with Gasteiger partial charge in [-0.2, -0.15) is 0 Å². The Morgan fingerprint density at radius 1 is 1.11 bits per heavy atom. The van der Waals surface area contributed by atoms with Gasteiger partial charge in [-0.25, -0.2) is 0 Å². The van der Waals surface area contributed by atoms with Crippen LogP contribution in [0.4, 0.5) is 0 Å². The molecule has 2 aromatic carbocycles. The molecule has 0 aromatic heterocycles. The first kappa shape index (κ1) is 12.2. The molecule has 0 fully saturated rings. The molecule has 0 unspecified atom stereocenters. The summed E-state index contributed by atoms with van der Waals surface area (Å²) in [6.45, 7) is 1.86. The minimum absolute atomic E-state index is 0.0543. The number of aldehydes is 1. The molecule has 1 N–H and O–H groups in total. The first-order valence-electron chi connectivity index (χ1n) is 5.45. The van der Waals surface area contributed by atoms with Gasteiger partial charge in [0.05, 0.1) is 14.2 Å². The van der Waals surface area contributed by atoms with E-state index in [4.69, 9.17) is 9.47 Å². The third-order valence-corrected chi connectivity index (χ3v) is 2.98. The van der Waals surface area contributed by atoms with E-state index >= 15 is 0 Å². The third-order valence-electron chi connectivity index (χ3n) is 2.98. The third kappa shape index (κ3) is 1.76. The van der Waals surface area contributed by atoms with Crippen molar-refractivity contribution < 1.29 is 19.4 Å². The van der Waals surface area contributed by atoms with Crippen LogP contribution < -0.4 is 9.47 Å². The minimum atomic E-state index is 0.0543. The summed E-state index contributed by atoms with van der Waals surface area (Å²) in [5.74, 6) is 1.21. The van der Waals surface area contributed by atoms with Crippen LogP contribution >= 0.6 is 0 Å². The summed E-state index contributed by atoms with van der Waals surface area (Å²) in [7, 11) is 3.10. The zero-order chi connectivity index (χ0) is 13.3. The van der Waals surface area contributed by atoms with Crippen molar-refractivity contribution in [1.82, 2.24) is 0 Å². The van der Waals surface area contributed by atoms with Crippen molar-refractivity contribution in [2.75, 3.05) is 14.2 Å². The molecule has 0 amide bonds. The summed E-state index contributed by atoms with van der Waals surface area (Å²) in [6.07, 6.45) is 0.704. The Bertz CT molecular complexity index is 617. The molecule has 2 aromatic rings. The van der Waals surface area contributed by atoms with E-state index in [-0.39, 0.29) is 5.75 Å². The average Bonchev–Trinajstić information content (AvgIpc) is 2.39. The molecule has 0 saturated heterocycles. The molecule has 0 bridgehead atoms. The van der Waals surface area contributed by atoms with E-state index in [0.29, 0.717) is 28.7 Å². The maximum atomic E-state index is 10.8. The molecule has 4 heteroatoms. The van der Waals surface area contributed by atoms with Crippen molar-refractivity contribution in [3.63, 3.8) is 0 Å². The van der Waals surface area contributed by atoms with Gasteiger partial charge in [0.2, 0.25) is 0 Å². The van der Waals surface area contributed by atoms with Crippen LogP contribution in [0, 0.1) is 6.92 Å². The zero-order valence-corrected chi connectivity index (χ0v) is 10.5. The molecular weight excluding hydrogens is 232 g/mol. The topological polar surface area (TPSA) is 55.8 Å². The molecule has 0 radical (unpaired) electrons. The number of carbonyl (C=O) groups is 1. The molecule has 0 aliphatic rings. The van der Waals surface area contributed by atoms with Gasteiger partial charge in [-0.05, 0) is 30.5 Å². The highest BCUT2D eigenvalue weighted by Gasteiger charge is 2.14. The van der Waals surface area contributed by atoms with Crippen molar-refractivity contribution in [2.45, 2.75) is 6.92 Å². The average molecular weight is 246 g/mol. The summed E-state index contributed by atoms with van der Waals surface area (Å²) in [5.41, 5.74) is 1.25. The number of aryl methyl sites for hydroxylation is 1. The number of carbonyl (C=O) groups excluding carboxylic acids is 1. The van der Waals surface area contributed by atoms with Crippen molar-refractivity contribution in [1.29, 1.82) is 0 Å². The summed E-state index contributed by atoms with van der Waals surface area (Å²) in [6, 6.07) is 4.85. The molecule has 0 spiro atoms. The lowest BCUT2D eigenvalue weighted by Crippen LogP contribution is -1.95. The quantitative estimate of drug-likeness (QED) is 0.846. The van der Waals surface area contributed by atoms with Crippen molar-refractivity contribution in [3.05, 3.63) is 29.3 Å². The Morgan fingerprint density at radius 2 is 1.83 bits per heavy atom. The van der Waals surface area contributed by atoms with Gasteiger partial charge < -0.3 is 14.6 Å². The predicted octanol–water partition coefficient (Wildman–Crippen LogP) is 2.68. The van der Waals surface area contributed by atoms with Crippen molar-refractivity contribution >= 4 is 17.1 Å². The minimum Gasteiger partial charge on any atom is -0.507 e. The summed E-state index contributed by atoms with van der Waals surface area (Å²) in [5, 5.41) is 11.3. The highest BCUT2D eigenvalue weighted by Crippen LogP contribution is 2.40. The lowest BCUT2D eigenvalue weighted by Gasteiger charge is -2.14. The van der Waals surface area contributed by atoms with Gasteiger partial charge in [0.15, 0.2) is 11.5 Å². The van der Waals surface area contributed by atoms with E-state index in [1.54, 1.807) is 26.4 Å². The van der Waals surface area contributed by atoms with Crippen LogP contribution in [0.5, 0.6) is 17.2 Å². The fraction of sp³-hybridized carbons (Fsp3) is 0.214. The Morgan fingerprint density at radius 3 is 2.39 bits per heavy atom. The number of phenols is 1. The molecule has 0 aliphatic heterocycles. The Kier molecular flexibility index (Phi) is 3.10. The summed E-state index contributed by atoms with van der Waals surface area (Å²) >= 11 is 0. The van der Waals surface area contributed by atoms with Gasteiger partial charge in [-0.3, -0.25) is 4.79 Å². The second-order valence-corrected chi connectivity index (χ2v) is 3.99. The van der Waals surface area contributed by atoms with Crippen LogP contribution in [0.15, 0.2) is 18.2 Å². The summed E-state index contributed by atoms with van der Waals surface area (Å²) < 4.78 is 10.5. The van der Waals surface area contributed by atoms with E-state index in [0.717, 1.165) is 10.9 Å². The number of ether oxygens (including phenoxy) is 2. The van der Waals surface area contributed by atoms with Crippen LogP contribution in [0.2, 0.25) is 0 Å². The Hall–Kier alpha value is -2.23. The predicted molar refractivity (Wildman–Crippen MR) is 68.8 cm³/mol. The molecule has 4 nitrogen and oxygen atoms in total.